The van der Waals surface area contributed by atoms with Crippen molar-refractivity contribution in [3.8, 4) is 5.75 Å². The summed E-state index contributed by atoms with van der Waals surface area (Å²) in [5.41, 5.74) is 0.342. The van der Waals surface area contributed by atoms with Crippen LogP contribution in [0.25, 0.3) is 0 Å². The number of aromatic hydroxyl groups is 1. The maximum absolute atomic E-state index is 12.1. The predicted molar refractivity (Wildman–Crippen MR) is 90.0 cm³/mol. The van der Waals surface area contributed by atoms with Crippen LogP contribution in [-0.2, 0) is 0 Å². The second-order valence-corrected chi connectivity index (χ2v) is 6.96. The van der Waals surface area contributed by atoms with Gasteiger partial charge in [-0.1, -0.05) is 13.8 Å². The minimum atomic E-state index is -0.212. The average Bonchev–Trinajstić information content (AvgIpc) is 2.43. The molecule has 0 radical (unpaired) electrons. The van der Waals surface area contributed by atoms with Gasteiger partial charge in [0.15, 0.2) is 0 Å². The Hall–Kier alpha value is -0.430. The van der Waals surface area contributed by atoms with Crippen LogP contribution in [0.15, 0.2) is 18.2 Å². The Morgan fingerprint density at radius 3 is 2.58 bits per heavy atom. The summed E-state index contributed by atoms with van der Waals surface area (Å²) in [6.07, 6.45) is 4.08. The molecule has 0 saturated heterocycles. The molecule has 0 spiro atoms. The molecule has 0 atom stereocenters. The van der Waals surface area contributed by atoms with Gasteiger partial charge in [0.1, 0.15) is 5.75 Å². The molecule has 1 aromatic rings. The number of hydrogen-bond acceptors (Lipinski definition) is 3. The number of benzene rings is 1. The fourth-order valence-corrected chi connectivity index (χ4v) is 3.17. The van der Waals surface area contributed by atoms with Crippen molar-refractivity contribution in [1.82, 2.24) is 5.32 Å². The number of phenolic OH excluding ortho intramolecular Hbond substituents is 1. The van der Waals surface area contributed by atoms with Crippen LogP contribution in [0.3, 0.4) is 0 Å². The summed E-state index contributed by atoms with van der Waals surface area (Å²) < 4.78 is 1.01. The summed E-state index contributed by atoms with van der Waals surface area (Å²) >= 11 is 3.91. The van der Waals surface area contributed by atoms with Crippen LogP contribution in [0.5, 0.6) is 5.75 Å². The predicted octanol–water partition coefficient (Wildman–Crippen LogP) is 3.65. The third-order valence-electron chi connectivity index (χ3n) is 3.50. The van der Waals surface area contributed by atoms with E-state index in [1.165, 1.54) is 0 Å². The lowest BCUT2D eigenvalue weighted by atomic mass is 10.0. The maximum Gasteiger partial charge on any atom is 0.255 e. The van der Waals surface area contributed by atoms with Crippen LogP contribution in [0.2, 0.25) is 0 Å². The van der Waals surface area contributed by atoms with Crippen molar-refractivity contribution in [1.29, 1.82) is 0 Å². The lowest BCUT2D eigenvalue weighted by Crippen LogP contribution is -2.39. The summed E-state index contributed by atoms with van der Waals surface area (Å²) in [5, 5.41) is 12.7. The van der Waals surface area contributed by atoms with Crippen molar-refractivity contribution in [2.24, 2.45) is 0 Å². The lowest BCUT2D eigenvalue weighted by Gasteiger charge is -2.29. The second-order valence-electron chi connectivity index (χ2n) is 4.44. The van der Waals surface area contributed by atoms with E-state index in [2.05, 4.69) is 48.0 Å². The molecule has 0 fully saturated rings. The molecule has 106 valence electrons. The van der Waals surface area contributed by atoms with Gasteiger partial charge in [-0.25, -0.2) is 0 Å². The van der Waals surface area contributed by atoms with Crippen molar-refractivity contribution in [2.45, 2.75) is 31.4 Å². The molecular weight excluding hydrogens is 373 g/mol. The first kappa shape index (κ1) is 16.6. The highest BCUT2D eigenvalue weighted by atomic mass is 127. The molecule has 19 heavy (non-hydrogen) atoms. The molecule has 0 aliphatic carbocycles. The topological polar surface area (TPSA) is 49.3 Å². The van der Waals surface area contributed by atoms with E-state index in [0.29, 0.717) is 12.1 Å². The van der Waals surface area contributed by atoms with Crippen LogP contribution in [0.4, 0.5) is 0 Å². The number of nitrogens with one attached hydrogen (secondary N) is 1. The molecule has 3 nitrogen and oxygen atoms in total. The number of rotatable bonds is 6. The number of amides is 1. The number of hydrogen-bond donors (Lipinski definition) is 2. The molecule has 1 rings (SSSR count). The van der Waals surface area contributed by atoms with E-state index in [4.69, 9.17) is 0 Å². The van der Waals surface area contributed by atoms with Gasteiger partial charge < -0.3 is 10.4 Å². The van der Waals surface area contributed by atoms with Gasteiger partial charge in [-0.15, -0.1) is 0 Å². The third kappa shape index (κ3) is 4.27. The zero-order valence-corrected chi connectivity index (χ0v) is 14.5. The number of carbonyl (C=O) groups excluding carboxylic acids is 1. The monoisotopic (exact) mass is 393 g/mol. The first-order valence-corrected chi connectivity index (χ1v) is 8.60. The minimum Gasteiger partial charge on any atom is -0.507 e. The van der Waals surface area contributed by atoms with Crippen LogP contribution in [-0.4, -0.2) is 28.6 Å². The Balaban J connectivity index is 2.77. The first-order valence-electron chi connectivity index (χ1n) is 6.30. The smallest absolute Gasteiger partial charge is 0.255 e. The van der Waals surface area contributed by atoms with Crippen LogP contribution in [0, 0.1) is 3.57 Å². The van der Waals surface area contributed by atoms with E-state index >= 15 is 0 Å². The lowest BCUT2D eigenvalue weighted by molar-refractivity contribution is 0.0946. The normalized spacial score (nSPS) is 11.4. The molecule has 1 amide bonds. The Morgan fingerprint density at radius 1 is 1.42 bits per heavy atom. The van der Waals surface area contributed by atoms with Gasteiger partial charge in [-0.05, 0) is 59.9 Å². The summed E-state index contributed by atoms with van der Waals surface area (Å²) in [7, 11) is 0. The molecule has 2 N–H and O–H groups in total. The van der Waals surface area contributed by atoms with Crippen molar-refractivity contribution in [3.05, 3.63) is 27.3 Å². The van der Waals surface area contributed by atoms with E-state index < -0.39 is 0 Å². The van der Waals surface area contributed by atoms with Gasteiger partial charge in [0.25, 0.3) is 5.91 Å². The van der Waals surface area contributed by atoms with Crippen molar-refractivity contribution in [3.63, 3.8) is 0 Å². The Kier molecular flexibility index (Phi) is 6.46. The van der Waals surface area contributed by atoms with Crippen LogP contribution >= 0.6 is 34.4 Å². The summed E-state index contributed by atoms with van der Waals surface area (Å²) in [6.45, 7) is 4.88. The van der Waals surface area contributed by atoms with Gasteiger partial charge >= 0.3 is 0 Å². The fourth-order valence-electron chi connectivity index (χ4n) is 1.89. The number of carbonyl (C=O) groups is 1. The van der Waals surface area contributed by atoms with Crippen LogP contribution < -0.4 is 5.32 Å². The Bertz CT molecular complexity index is 439. The largest absolute Gasteiger partial charge is 0.507 e. The van der Waals surface area contributed by atoms with Gasteiger partial charge in [-0.3, -0.25) is 4.79 Å². The maximum atomic E-state index is 12.1. The zero-order chi connectivity index (χ0) is 14.5. The Morgan fingerprint density at radius 2 is 2.05 bits per heavy atom. The van der Waals surface area contributed by atoms with Gasteiger partial charge in [0.2, 0.25) is 0 Å². The standard InChI is InChI=1S/C14H20INO2S/c1-4-14(5-2,19-3)9-16-13(18)11-8-10(15)6-7-12(11)17/h6-8,17H,4-5,9H2,1-3H3,(H,16,18). The van der Waals surface area contributed by atoms with Gasteiger partial charge in [-0.2, -0.15) is 11.8 Å². The number of thioether (sulfide) groups is 1. The summed E-state index contributed by atoms with van der Waals surface area (Å²) in [4.78, 5) is 12.1. The number of phenols is 1. The molecule has 0 bridgehead atoms. The molecule has 0 aliphatic heterocycles. The fraction of sp³-hybridized carbons (Fsp3) is 0.500. The molecule has 0 aliphatic rings. The third-order valence-corrected chi connectivity index (χ3v) is 5.75. The SMILES string of the molecule is CCC(CC)(CNC(=O)c1cc(I)ccc1O)SC. The summed E-state index contributed by atoms with van der Waals surface area (Å²) in [6, 6.07) is 5.03. The molecule has 0 aromatic heterocycles. The molecule has 0 heterocycles. The van der Waals surface area contributed by atoms with E-state index in [1.807, 2.05) is 0 Å². The molecule has 0 unspecified atom stereocenters. The van der Waals surface area contributed by atoms with Gasteiger partial charge in [0.05, 0.1) is 5.56 Å². The summed E-state index contributed by atoms with van der Waals surface area (Å²) in [5.74, 6) is -0.183. The highest BCUT2D eigenvalue weighted by Gasteiger charge is 2.26. The van der Waals surface area contributed by atoms with E-state index in [9.17, 15) is 9.90 Å². The average molecular weight is 393 g/mol. The van der Waals surface area contributed by atoms with Crippen LogP contribution in [0.1, 0.15) is 37.0 Å². The molecule has 0 saturated carbocycles. The zero-order valence-electron chi connectivity index (χ0n) is 11.5. The van der Waals surface area contributed by atoms with E-state index in [1.54, 1.807) is 30.0 Å². The first-order chi connectivity index (χ1) is 8.98. The molecular formula is C14H20INO2S. The molecule has 1 aromatic carbocycles. The highest BCUT2D eigenvalue weighted by Crippen LogP contribution is 2.29. The van der Waals surface area contributed by atoms with Crippen molar-refractivity contribution in [2.75, 3.05) is 12.8 Å². The number of halogens is 1. The van der Waals surface area contributed by atoms with Gasteiger partial charge in [0, 0.05) is 14.9 Å². The van der Waals surface area contributed by atoms with Crippen molar-refractivity contribution < 1.29 is 9.90 Å². The van der Waals surface area contributed by atoms with E-state index in [-0.39, 0.29) is 16.4 Å². The highest BCUT2D eigenvalue weighted by molar-refractivity contribution is 14.1. The molecule has 5 heteroatoms. The quantitative estimate of drug-likeness (QED) is 0.726. The second kappa shape index (κ2) is 7.38. The van der Waals surface area contributed by atoms with E-state index in [0.717, 1.165) is 16.4 Å². The van der Waals surface area contributed by atoms with Crippen molar-refractivity contribution >= 4 is 40.3 Å². The minimum absolute atomic E-state index is 0.0284. The Labute approximate surface area is 132 Å².